The first kappa shape index (κ1) is 23.6. The first-order valence-electron chi connectivity index (χ1n) is 9.79. The summed E-state index contributed by atoms with van der Waals surface area (Å²) in [5, 5.41) is 5.95. The Hall–Kier alpha value is -1.64. The van der Waals surface area contributed by atoms with E-state index >= 15 is 0 Å². The van der Waals surface area contributed by atoms with Gasteiger partial charge in [0.25, 0.3) is 0 Å². The van der Waals surface area contributed by atoms with E-state index < -0.39 is 6.04 Å². The van der Waals surface area contributed by atoms with Crippen molar-refractivity contribution in [3.05, 3.63) is 18.2 Å². The minimum atomic E-state index is -0.434. The highest BCUT2D eigenvalue weighted by molar-refractivity contribution is 7.98. The van der Waals surface area contributed by atoms with Crippen molar-refractivity contribution in [1.82, 2.24) is 5.32 Å². The number of hydrogen-bond acceptors (Lipinski definition) is 6. The van der Waals surface area contributed by atoms with Gasteiger partial charge in [0.15, 0.2) is 11.5 Å². The van der Waals surface area contributed by atoms with Gasteiger partial charge in [0, 0.05) is 24.2 Å². The van der Waals surface area contributed by atoms with Crippen LogP contribution < -0.4 is 25.8 Å². The molecule has 3 rings (SSSR count). The number of carbonyl (C=O) groups is 2. The monoisotopic (exact) mass is 443 g/mol. The van der Waals surface area contributed by atoms with Crippen molar-refractivity contribution in [2.24, 2.45) is 17.6 Å². The normalized spacial score (nSPS) is 21.0. The fourth-order valence-electron chi connectivity index (χ4n) is 3.60. The summed E-state index contributed by atoms with van der Waals surface area (Å²) in [5.41, 5.74) is 6.62. The van der Waals surface area contributed by atoms with Gasteiger partial charge in [-0.2, -0.15) is 11.8 Å². The number of ether oxygens (including phenoxy) is 2. The summed E-state index contributed by atoms with van der Waals surface area (Å²) in [6.07, 6.45) is 6.22. The highest BCUT2D eigenvalue weighted by atomic mass is 35.5. The molecule has 0 aromatic heterocycles. The Balaban J connectivity index is 0.00000300. The van der Waals surface area contributed by atoms with Crippen LogP contribution >= 0.6 is 24.2 Å². The SMILES string of the molecule is CSCCC(N)C(=O)NCC1CCC(C(=O)Nc2ccc3c(c2)OCO3)CC1.Cl. The van der Waals surface area contributed by atoms with Gasteiger partial charge in [0.05, 0.1) is 6.04 Å². The number of nitrogens with one attached hydrogen (secondary N) is 2. The van der Waals surface area contributed by atoms with Gasteiger partial charge in [-0.1, -0.05) is 0 Å². The number of hydrogen-bond donors (Lipinski definition) is 3. The number of fused-ring (bicyclic) bond motifs is 1. The zero-order valence-corrected chi connectivity index (χ0v) is 18.3. The van der Waals surface area contributed by atoms with E-state index in [1.54, 1.807) is 23.9 Å². The Bertz CT molecular complexity index is 698. The van der Waals surface area contributed by atoms with E-state index in [2.05, 4.69) is 10.6 Å². The summed E-state index contributed by atoms with van der Waals surface area (Å²) >= 11 is 1.69. The van der Waals surface area contributed by atoms with Crippen LogP contribution in [-0.2, 0) is 9.59 Å². The number of anilines is 1. The van der Waals surface area contributed by atoms with Crippen LogP contribution in [-0.4, -0.2) is 43.2 Å². The Labute approximate surface area is 182 Å². The van der Waals surface area contributed by atoms with Gasteiger partial charge in [-0.25, -0.2) is 0 Å². The number of rotatable bonds is 8. The molecule has 0 spiro atoms. The van der Waals surface area contributed by atoms with Crippen molar-refractivity contribution in [1.29, 1.82) is 0 Å². The summed E-state index contributed by atoms with van der Waals surface area (Å²) < 4.78 is 10.6. The minimum absolute atomic E-state index is 0. The number of carbonyl (C=O) groups excluding carboxylic acids is 2. The van der Waals surface area contributed by atoms with E-state index in [1.807, 2.05) is 12.3 Å². The Morgan fingerprint density at radius 3 is 2.66 bits per heavy atom. The average Bonchev–Trinajstić information content (AvgIpc) is 3.18. The fourth-order valence-corrected chi connectivity index (χ4v) is 4.09. The zero-order chi connectivity index (χ0) is 19.9. The molecule has 7 nitrogen and oxygen atoms in total. The minimum Gasteiger partial charge on any atom is -0.454 e. The van der Waals surface area contributed by atoms with Crippen molar-refractivity contribution < 1.29 is 19.1 Å². The lowest BCUT2D eigenvalue weighted by Crippen LogP contribution is -2.43. The molecule has 1 heterocycles. The van der Waals surface area contributed by atoms with Gasteiger partial charge in [-0.15, -0.1) is 12.4 Å². The van der Waals surface area contributed by atoms with E-state index in [4.69, 9.17) is 15.2 Å². The highest BCUT2D eigenvalue weighted by Crippen LogP contribution is 2.35. The first-order chi connectivity index (χ1) is 13.6. The van der Waals surface area contributed by atoms with Crippen LogP contribution in [0.15, 0.2) is 18.2 Å². The molecule has 1 unspecified atom stereocenters. The molecule has 0 bridgehead atoms. The Morgan fingerprint density at radius 2 is 1.93 bits per heavy atom. The van der Waals surface area contributed by atoms with Crippen molar-refractivity contribution in [2.75, 3.05) is 30.7 Å². The molecule has 1 atom stereocenters. The lowest BCUT2D eigenvalue weighted by Gasteiger charge is -2.28. The number of halogens is 1. The number of benzene rings is 1. The van der Waals surface area contributed by atoms with Crippen LogP contribution in [0.1, 0.15) is 32.1 Å². The molecule has 9 heteroatoms. The summed E-state index contributed by atoms with van der Waals surface area (Å²) in [5.74, 6) is 2.63. The maximum absolute atomic E-state index is 12.6. The van der Waals surface area contributed by atoms with Crippen LogP contribution in [0.25, 0.3) is 0 Å². The highest BCUT2D eigenvalue weighted by Gasteiger charge is 2.27. The lowest BCUT2D eigenvalue weighted by atomic mass is 9.81. The van der Waals surface area contributed by atoms with E-state index in [1.165, 1.54) is 0 Å². The van der Waals surface area contributed by atoms with Gasteiger partial charge in [0.1, 0.15) is 0 Å². The largest absolute Gasteiger partial charge is 0.454 e. The first-order valence-corrected chi connectivity index (χ1v) is 11.2. The molecule has 2 amide bonds. The van der Waals surface area contributed by atoms with Gasteiger partial charge in [-0.05, 0) is 62.2 Å². The quantitative estimate of drug-likeness (QED) is 0.570. The number of thioether (sulfide) groups is 1. The number of amides is 2. The average molecular weight is 444 g/mol. The van der Waals surface area contributed by atoms with Gasteiger partial charge < -0.3 is 25.8 Å². The maximum Gasteiger partial charge on any atom is 0.236 e. The molecule has 162 valence electrons. The van der Waals surface area contributed by atoms with Crippen molar-refractivity contribution in [3.8, 4) is 11.5 Å². The maximum atomic E-state index is 12.6. The molecule has 2 aliphatic rings. The molecule has 1 aliphatic carbocycles. The lowest BCUT2D eigenvalue weighted by molar-refractivity contribution is -0.123. The van der Waals surface area contributed by atoms with E-state index in [0.29, 0.717) is 30.4 Å². The van der Waals surface area contributed by atoms with Gasteiger partial charge in [0.2, 0.25) is 18.6 Å². The zero-order valence-electron chi connectivity index (χ0n) is 16.6. The van der Waals surface area contributed by atoms with Gasteiger partial charge >= 0.3 is 0 Å². The third-order valence-electron chi connectivity index (χ3n) is 5.39. The van der Waals surface area contributed by atoms with Crippen molar-refractivity contribution in [2.45, 2.75) is 38.1 Å². The second kappa shape index (κ2) is 11.5. The third-order valence-corrected chi connectivity index (χ3v) is 6.04. The van der Waals surface area contributed by atoms with E-state index in [0.717, 1.165) is 37.1 Å². The molecule has 1 aliphatic heterocycles. The van der Waals surface area contributed by atoms with E-state index in [-0.39, 0.29) is 36.9 Å². The molecule has 1 saturated carbocycles. The molecule has 0 saturated heterocycles. The van der Waals surface area contributed by atoms with Crippen LogP contribution in [0.3, 0.4) is 0 Å². The summed E-state index contributed by atoms with van der Waals surface area (Å²) in [7, 11) is 0. The summed E-state index contributed by atoms with van der Waals surface area (Å²) in [6.45, 7) is 0.859. The van der Waals surface area contributed by atoms with Crippen LogP contribution in [0, 0.1) is 11.8 Å². The Kier molecular flexibility index (Phi) is 9.39. The molecule has 1 aromatic carbocycles. The fraction of sp³-hybridized carbons (Fsp3) is 0.600. The number of nitrogens with two attached hydrogens (primary N) is 1. The van der Waals surface area contributed by atoms with Gasteiger partial charge in [-0.3, -0.25) is 9.59 Å². The van der Waals surface area contributed by atoms with Crippen LogP contribution in [0.4, 0.5) is 5.69 Å². The molecule has 29 heavy (non-hydrogen) atoms. The molecule has 1 fully saturated rings. The molecule has 0 radical (unpaired) electrons. The standard InChI is InChI=1S/C20H29N3O4S.ClH/c1-28-9-8-16(21)20(25)22-11-13-2-4-14(5-3-13)19(24)23-15-6-7-17-18(10-15)27-12-26-17;/h6-7,10,13-14,16H,2-5,8-9,11-12,21H2,1H3,(H,22,25)(H,23,24);1H. The second-order valence-corrected chi connectivity index (χ2v) is 8.39. The second-order valence-electron chi connectivity index (χ2n) is 7.41. The molecule has 4 N–H and O–H groups in total. The third kappa shape index (κ3) is 6.69. The molecular formula is C20H30ClN3O4S. The van der Waals surface area contributed by atoms with Crippen LogP contribution in [0.2, 0.25) is 0 Å². The van der Waals surface area contributed by atoms with Crippen LogP contribution in [0.5, 0.6) is 11.5 Å². The topological polar surface area (TPSA) is 103 Å². The van der Waals surface area contributed by atoms with Crippen molar-refractivity contribution in [3.63, 3.8) is 0 Å². The Morgan fingerprint density at radius 1 is 1.21 bits per heavy atom. The molecule has 1 aromatic rings. The predicted molar refractivity (Wildman–Crippen MR) is 118 cm³/mol. The predicted octanol–water partition coefficient (Wildman–Crippen LogP) is 2.78. The smallest absolute Gasteiger partial charge is 0.236 e. The summed E-state index contributed by atoms with van der Waals surface area (Å²) in [4.78, 5) is 24.6. The summed E-state index contributed by atoms with van der Waals surface area (Å²) in [6, 6.07) is 4.99. The van der Waals surface area contributed by atoms with E-state index in [9.17, 15) is 9.59 Å². The van der Waals surface area contributed by atoms with Crippen molar-refractivity contribution >= 4 is 41.7 Å². The molecular weight excluding hydrogens is 414 g/mol.